The summed E-state index contributed by atoms with van der Waals surface area (Å²) in [6, 6.07) is 0. The number of ether oxygens (including phenoxy) is 1. The summed E-state index contributed by atoms with van der Waals surface area (Å²) in [7, 11) is 0. The van der Waals surface area contributed by atoms with E-state index in [2.05, 4.69) is 11.7 Å². The average molecular weight is 282 g/mol. The van der Waals surface area contributed by atoms with Crippen LogP contribution in [0.4, 0.5) is 13.2 Å². The lowest BCUT2D eigenvalue weighted by molar-refractivity contribution is -0.175. The minimum absolute atomic E-state index is 0.00454. The molecular formula is C12H21F3N2O2. The Bertz CT molecular complexity index is 300. The molecule has 1 aliphatic rings. The number of hydrogen-bond acceptors (Lipinski definition) is 3. The number of nitrogens with two attached hydrogens (primary N) is 1. The third-order valence-electron chi connectivity index (χ3n) is 3.54. The molecule has 1 heterocycles. The predicted molar refractivity (Wildman–Crippen MR) is 64.5 cm³/mol. The summed E-state index contributed by atoms with van der Waals surface area (Å²) in [6.45, 7) is 2.41. The molecule has 0 radical (unpaired) electrons. The van der Waals surface area contributed by atoms with Gasteiger partial charge in [0.15, 0.2) is 0 Å². The van der Waals surface area contributed by atoms with Crippen molar-refractivity contribution in [3.63, 3.8) is 0 Å². The van der Waals surface area contributed by atoms with Crippen molar-refractivity contribution in [2.45, 2.75) is 32.4 Å². The summed E-state index contributed by atoms with van der Waals surface area (Å²) in [5, 5.41) is 0. The fourth-order valence-corrected chi connectivity index (χ4v) is 2.01. The Morgan fingerprint density at radius 3 is 2.42 bits per heavy atom. The van der Waals surface area contributed by atoms with Crippen LogP contribution in [0.25, 0.3) is 0 Å². The van der Waals surface area contributed by atoms with Crippen LogP contribution in [0.15, 0.2) is 0 Å². The number of halogens is 3. The lowest BCUT2D eigenvalue weighted by Crippen LogP contribution is -2.45. The van der Waals surface area contributed by atoms with Crippen molar-refractivity contribution in [2.24, 2.45) is 11.1 Å². The lowest BCUT2D eigenvalue weighted by Gasteiger charge is -2.38. The highest BCUT2D eigenvalue weighted by Gasteiger charge is 2.31. The third-order valence-corrected chi connectivity index (χ3v) is 3.54. The van der Waals surface area contributed by atoms with Gasteiger partial charge in [0.1, 0.15) is 6.61 Å². The van der Waals surface area contributed by atoms with Gasteiger partial charge < -0.3 is 15.4 Å². The molecule has 2 N–H and O–H groups in total. The number of nitrogens with zero attached hydrogens (tertiary/aromatic N) is 1. The van der Waals surface area contributed by atoms with E-state index in [1.165, 1.54) is 0 Å². The second-order valence-electron chi connectivity index (χ2n) is 5.31. The van der Waals surface area contributed by atoms with Crippen molar-refractivity contribution >= 4 is 5.91 Å². The van der Waals surface area contributed by atoms with E-state index in [0.717, 1.165) is 12.8 Å². The summed E-state index contributed by atoms with van der Waals surface area (Å²) < 4.78 is 39.9. The van der Waals surface area contributed by atoms with Gasteiger partial charge in [-0.15, -0.1) is 0 Å². The molecule has 0 aromatic heterocycles. The van der Waals surface area contributed by atoms with Crippen LogP contribution in [0.5, 0.6) is 0 Å². The summed E-state index contributed by atoms with van der Waals surface area (Å²) in [5.41, 5.74) is 5.74. The van der Waals surface area contributed by atoms with E-state index in [-0.39, 0.29) is 24.3 Å². The minimum atomic E-state index is -4.34. The number of carbonyl (C=O) groups excluding carboxylic acids is 1. The quantitative estimate of drug-likeness (QED) is 0.778. The predicted octanol–water partition coefficient (Wildman–Crippen LogP) is 1.54. The number of hydrogen-bond donors (Lipinski definition) is 1. The maximum absolute atomic E-state index is 11.8. The van der Waals surface area contributed by atoms with E-state index >= 15 is 0 Å². The molecule has 0 unspecified atom stereocenters. The van der Waals surface area contributed by atoms with Gasteiger partial charge in [-0.3, -0.25) is 4.79 Å². The van der Waals surface area contributed by atoms with E-state index in [4.69, 9.17) is 5.73 Å². The molecule has 112 valence electrons. The van der Waals surface area contributed by atoms with Gasteiger partial charge in [-0.25, -0.2) is 0 Å². The van der Waals surface area contributed by atoms with Crippen molar-refractivity contribution in [1.82, 2.24) is 4.90 Å². The highest BCUT2D eigenvalue weighted by molar-refractivity contribution is 5.76. The standard InChI is InChI=1S/C12H21F3N2O2/c1-11(8-16)3-5-17(6-4-11)10(18)2-7-19-9-12(13,14)15/h2-9,16H2,1H3. The van der Waals surface area contributed by atoms with Crippen LogP contribution in [0.3, 0.4) is 0 Å². The molecule has 1 saturated heterocycles. The zero-order valence-electron chi connectivity index (χ0n) is 11.1. The molecule has 0 saturated carbocycles. The Morgan fingerprint density at radius 1 is 1.37 bits per heavy atom. The van der Waals surface area contributed by atoms with Gasteiger partial charge in [0, 0.05) is 13.1 Å². The molecule has 1 aliphatic heterocycles. The first-order chi connectivity index (χ1) is 8.76. The maximum Gasteiger partial charge on any atom is 0.411 e. The molecule has 19 heavy (non-hydrogen) atoms. The van der Waals surface area contributed by atoms with Crippen molar-refractivity contribution in [2.75, 3.05) is 32.8 Å². The molecule has 0 aliphatic carbocycles. The fourth-order valence-electron chi connectivity index (χ4n) is 2.01. The number of piperidine rings is 1. The molecule has 0 atom stereocenters. The molecule has 0 aromatic carbocycles. The lowest BCUT2D eigenvalue weighted by atomic mass is 9.80. The smallest absolute Gasteiger partial charge is 0.372 e. The van der Waals surface area contributed by atoms with Crippen LogP contribution in [0.1, 0.15) is 26.2 Å². The monoisotopic (exact) mass is 282 g/mol. The largest absolute Gasteiger partial charge is 0.411 e. The number of amides is 1. The van der Waals surface area contributed by atoms with Crippen LogP contribution < -0.4 is 5.73 Å². The molecule has 0 spiro atoms. The second-order valence-corrected chi connectivity index (χ2v) is 5.31. The first-order valence-corrected chi connectivity index (χ1v) is 6.38. The molecule has 4 nitrogen and oxygen atoms in total. The SMILES string of the molecule is CC1(CN)CCN(C(=O)CCOCC(F)(F)F)CC1. The number of likely N-dealkylation sites (tertiary alicyclic amines) is 1. The van der Waals surface area contributed by atoms with Gasteiger partial charge in [-0.2, -0.15) is 13.2 Å². The highest BCUT2D eigenvalue weighted by atomic mass is 19.4. The van der Waals surface area contributed by atoms with Crippen molar-refractivity contribution in [1.29, 1.82) is 0 Å². The van der Waals surface area contributed by atoms with Crippen molar-refractivity contribution in [3.8, 4) is 0 Å². The highest BCUT2D eigenvalue weighted by Crippen LogP contribution is 2.29. The van der Waals surface area contributed by atoms with Gasteiger partial charge in [0.05, 0.1) is 13.0 Å². The Balaban J connectivity index is 2.21. The minimum Gasteiger partial charge on any atom is -0.372 e. The molecular weight excluding hydrogens is 261 g/mol. The number of rotatable bonds is 5. The molecule has 0 aromatic rings. The molecule has 1 fully saturated rings. The van der Waals surface area contributed by atoms with Gasteiger partial charge >= 0.3 is 6.18 Å². The summed E-state index contributed by atoms with van der Waals surface area (Å²) in [4.78, 5) is 13.4. The van der Waals surface area contributed by atoms with Crippen molar-refractivity contribution in [3.05, 3.63) is 0 Å². The Kier molecular flexibility index (Phi) is 5.61. The molecule has 1 rings (SSSR count). The Labute approximate surface area is 111 Å². The van der Waals surface area contributed by atoms with E-state index in [0.29, 0.717) is 19.6 Å². The van der Waals surface area contributed by atoms with Crippen LogP contribution in [-0.4, -0.2) is 49.8 Å². The van der Waals surface area contributed by atoms with Crippen LogP contribution in [0.2, 0.25) is 0 Å². The van der Waals surface area contributed by atoms with Gasteiger partial charge in [0.2, 0.25) is 5.91 Å². The maximum atomic E-state index is 11.8. The van der Waals surface area contributed by atoms with E-state index < -0.39 is 12.8 Å². The van der Waals surface area contributed by atoms with Crippen molar-refractivity contribution < 1.29 is 22.7 Å². The Morgan fingerprint density at radius 2 is 1.95 bits per heavy atom. The summed E-state index contributed by atoms with van der Waals surface area (Å²) >= 11 is 0. The Hall–Kier alpha value is -0.820. The summed E-state index contributed by atoms with van der Waals surface area (Å²) in [5.74, 6) is -0.152. The average Bonchev–Trinajstić information content (AvgIpc) is 2.34. The van der Waals surface area contributed by atoms with E-state index in [1.807, 2.05) is 0 Å². The second kappa shape index (κ2) is 6.56. The van der Waals surface area contributed by atoms with Crippen LogP contribution >= 0.6 is 0 Å². The van der Waals surface area contributed by atoms with Gasteiger partial charge in [-0.1, -0.05) is 6.92 Å². The van der Waals surface area contributed by atoms with Crippen LogP contribution in [-0.2, 0) is 9.53 Å². The summed E-state index contributed by atoms with van der Waals surface area (Å²) in [6.07, 6.45) is -2.68. The van der Waals surface area contributed by atoms with E-state index in [9.17, 15) is 18.0 Å². The zero-order chi connectivity index (χ0) is 14.5. The fraction of sp³-hybridized carbons (Fsp3) is 0.917. The number of carbonyl (C=O) groups is 1. The first kappa shape index (κ1) is 16.2. The number of alkyl halides is 3. The molecule has 7 heteroatoms. The van der Waals surface area contributed by atoms with Crippen LogP contribution in [0, 0.1) is 5.41 Å². The van der Waals surface area contributed by atoms with E-state index in [1.54, 1.807) is 4.90 Å². The third kappa shape index (κ3) is 5.78. The topological polar surface area (TPSA) is 55.6 Å². The first-order valence-electron chi connectivity index (χ1n) is 6.38. The normalized spacial score (nSPS) is 19.5. The van der Waals surface area contributed by atoms with Gasteiger partial charge in [0.25, 0.3) is 0 Å². The molecule has 1 amide bonds. The zero-order valence-corrected chi connectivity index (χ0v) is 11.1. The molecule has 0 bridgehead atoms. The van der Waals surface area contributed by atoms with Gasteiger partial charge in [-0.05, 0) is 24.8 Å².